The highest BCUT2D eigenvalue weighted by atomic mass is 32.2. The number of nitro groups is 1. The highest BCUT2D eigenvalue weighted by Gasteiger charge is 2.34. The molecule has 1 heterocycles. The van der Waals surface area contributed by atoms with Crippen molar-refractivity contribution in [2.75, 3.05) is 19.0 Å². The fourth-order valence-electron chi connectivity index (χ4n) is 2.19. The SMILES string of the molecule is CN(CC1CC(O)C1)S(=O)(=O)c1cc([N+](=O)[O-])c(NN)s1. The lowest BCUT2D eigenvalue weighted by molar-refractivity contribution is -0.383. The molecule has 0 bridgehead atoms. The van der Waals surface area contributed by atoms with Crippen LogP contribution in [0.15, 0.2) is 10.3 Å². The van der Waals surface area contributed by atoms with Gasteiger partial charge in [0.15, 0.2) is 5.00 Å². The summed E-state index contributed by atoms with van der Waals surface area (Å²) in [6.07, 6.45) is 0.780. The van der Waals surface area contributed by atoms with Crippen molar-refractivity contribution in [3.05, 3.63) is 16.2 Å². The fraction of sp³-hybridized carbons (Fsp3) is 0.600. The van der Waals surface area contributed by atoms with E-state index in [1.165, 1.54) is 7.05 Å². The summed E-state index contributed by atoms with van der Waals surface area (Å²) in [7, 11) is -2.38. The van der Waals surface area contributed by atoms with Gasteiger partial charge in [-0.05, 0) is 18.8 Å². The molecule has 0 spiro atoms. The number of nitrogens with zero attached hydrogens (tertiary/aromatic N) is 2. The maximum atomic E-state index is 12.4. The Morgan fingerprint density at radius 3 is 2.67 bits per heavy atom. The second kappa shape index (κ2) is 5.85. The maximum absolute atomic E-state index is 12.4. The quantitative estimate of drug-likeness (QED) is 0.386. The number of anilines is 1. The lowest BCUT2D eigenvalue weighted by atomic mass is 9.82. The van der Waals surface area contributed by atoms with Crippen molar-refractivity contribution in [2.45, 2.75) is 23.2 Å². The molecule has 1 aromatic rings. The molecule has 0 aliphatic heterocycles. The number of aliphatic hydroxyl groups is 1. The van der Waals surface area contributed by atoms with E-state index in [2.05, 4.69) is 5.43 Å². The Hall–Kier alpha value is -1.27. The number of aliphatic hydroxyl groups excluding tert-OH is 1. The Balaban J connectivity index is 2.20. The molecule has 0 aromatic carbocycles. The number of hydrogen-bond acceptors (Lipinski definition) is 8. The molecule has 1 aromatic heterocycles. The summed E-state index contributed by atoms with van der Waals surface area (Å²) in [6, 6.07) is 1.00. The number of hydrazine groups is 1. The highest BCUT2D eigenvalue weighted by molar-refractivity contribution is 7.91. The Morgan fingerprint density at radius 2 is 2.24 bits per heavy atom. The molecule has 4 N–H and O–H groups in total. The molecule has 0 radical (unpaired) electrons. The van der Waals surface area contributed by atoms with Crippen LogP contribution in [0.4, 0.5) is 10.7 Å². The monoisotopic (exact) mass is 336 g/mol. The van der Waals surface area contributed by atoms with Crippen molar-refractivity contribution in [1.29, 1.82) is 0 Å². The normalized spacial score (nSPS) is 22.1. The standard InChI is InChI=1S/C10H16N4O5S2/c1-13(5-6-2-7(15)3-6)21(18,19)9-4-8(14(16)17)10(12-11)20-9/h4,6-7,12,15H,2-3,5,11H2,1H3. The van der Waals surface area contributed by atoms with Crippen LogP contribution < -0.4 is 11.3 Å². The molecule has 2 rings (SSSR count). The Bertz CT molecular complexity index is 638. The van der Waals surface area contributed by atoms with Crippen LogP contribution in [-0.2, 0) is 10.0 Å². The first-order valence-corrected chi connectivity index (χ1v) is 8.40. The summed E-state index contributed by atoms with van der Waals surface area (Å²) in [6.45, 7) is 0.274. The van der Waals surface area contributed by atoms with Crippen LogP contribution in [0.5, 0.6) is 0 Å². The van der Waals surface area contributed by atoms with E-state index < -0.39 is 14.9 Å². The Labute approximate surface area is 125 Å². The van der Waals surface area contributed by atoms with Gasteiger partial charge in [0.05, 0.1) is 11.0 Å². The molecule has 1 aliphatic rings. The number of thiophene rings is 1. The van der Waals surface area contributed by atoms with Crippen LogP contribution >= 0.6 is 11.3 Å². The molecule has 1 saturated carbocycles. The first-order valence-electron chi connectivity index (χ1n) is 6.15. The molecule has 21 heavy (non-hydrogen) atoms. The van der Waals surface area contributed by atoms with Gasteiger partial charge in [0.1, 0.15) is 4.21 Å². The van der Waals surface area contributed by atoms with Crippen molar-refractivity contribution in [3.63, 3.8) is 0 Å². The van der Waals surface area contributed by atoms with Gasteiger partial charge in [0.25, 0.3) is 10.0 Å². The first kappa shape index (κ1) is 16.1. The second-order valence-electron chi connectivity index (χ2n) is 4.96. The molecule has 0 unspecified atom stereocenters. The van der Waals surface area contributed by atoms with Gasteiger partial charge in [-0.1, -0.05) is 11.3 Å². The Morgan fingerprint density at radius 1 is 1.62 bits per heavy atom. The Kier molecular flexibility index (Phi) is 4.49. The van der Waals surface area contributed by atoms with E-state index >= 15 is 0 Å². The highest BCUT2D eigenvalue weighted by Crippen LogP contribution is 2.38. The number of rotatable bonds is 6. The van der Waals surface area contributed by atoms with Gasteiger partial charge in [-0.2, -0.15) is 4.31 Å². The minimum Gasteiger partial charge on any atom is -0.393 e. The van der Waals surface area contributed by atoms with Crippen molar-refractivity contribution >= 4 is 32.0 Å². The molecule has 0 amide bonds. The molecule has 0 saturated heterocycles. The summed E-state index contributed by atoms with van der Waals surface area (Å²) >= 11 is 0.720. The third-order valence-corrected chi connectivity index (χ3v) is 6.74. The number of hydrogen-bond donors (Lipinski definition) is 3. The molecule has 1 fully saturated rings. The molecule has 9 nitrogen and oxygen atoms in total. The number of sulfonamides is 1. The van der Waals surface area contributed by atoms with E-state index in [0.29, 0.717) is 12.8 Å². The maximum Gasteiger partial charge on any atom is 0.306 e. The van der Waals surface area contributed by atoms with Crippen molar-refractivity contribution < 1.29 is 18.4 Å². The zero-order valence-electron chi connectivity index (χ0n) is 11.2. The van der Waals surface area contributed by atoms with Crippen molar-refractivity contribution in [3.8, 4) is 0 Å². The van der Waals surface area contributed by atoms with Crippen LogP contribution in [0.2, 0.25) is 0 Å². The average molecular weight is 336 g/mol. The zero-order chi connectivity index (χ0) is 15.8. The van der Waals surface area contributed by atoms with Crippen LogP contribution in [0.25, 0.3) is 0 Å². The predicted molar refractivity (Wildman–Crippen MR) is 77.3 cm³/mol. The topological polar surface area (TPSA) is 139 Å². The number of nitrogens with one attached hydrogen (secondary N) is 1. The van der Waals surface area contributed by atoms with Gasteiger partial charge < -0.3 is 10.5 Å². The fourth-order valence-corrected chi connectivity index (χ4v) is 4.89. The molecule has 11 heteroatoms. The first-order chi connectivity index (χ1) is 9.75. The van der Waals surface area contributed by atoms with Gasteiger partial charge in [-0.25, -0.2) is 14.3 Å². The average Bonchev–Trinajstić information content (AvgIpc) is 2.81. The third-order valence-electron chi connectivity index (χ3n) is 3.41. The zero-order valence-corrected chi connectivity index (χ0v) is 12.9. The molecule has 118 valence electrons. The van der Waals surface area contributed by atoms with Gasteiger partial charge in [0.2, 0.25) is 0 Å². The molecule has 1 aliphatic carbocycles. The van der Waals surface area contributed by atoms with Crippen LogP contribution in [0.3, 0.4) is 0 Å². The van der Waals surface area contributed by atoms with Gasteiger partial charge in [-0.15, -0.1) is 0 Å². The van der Waals surface area contributed by atoms with Crippen LogP contribution in [-0.4, -0.2) is 42.4 Å². The smallest absolute Gasteiger partial charge is 0.306 e. The van der Waals surface area contributed by atoms with E-state index in [0.717, 1.165) is 21.7 Å². The minimum atomic E-state index is -3.80. The number of nitrogen functional groups attached to an aromatic ring is 1. The predicted octanol–water partition coefficient (Wildman–Crippen LogP) is 0.333. The van der Waals surface area contributed by atoms with Crippen LogP contribution in [0, 0.1) is 16.0 Å². The summed E-state index contributed by atoms with van der Waals surface area (Å²) in [5.41, 5.74) is 1.77. The van der Waals surface area contributed by atoms with Crippen LogP contribution in [0.1, 0.15) is 12.8 Å². The van der Waals surface area contributed by atoms with Gasteiger partial charge in [-0.3, -0.25) is 10.1 Å². The molecule has 0 atom stereocenters. The largest absolute Gasteiger partial charge is 0.393 e. The van der Waals surface area contributed by atoms with E-state index in [-0.39, 0.29) is 33.5 Å². The molecular weight excluding hydrogens is 320 g/mol. The molecular formula is C10H16N4O5S2. The van der Waals surface area contributed by atoms with E-state index in [9.17, 15) is 23.6 Å². The van der Waals surface area contributed by atoms with E-state index in [1.807, 2.05) is 0 Å². The summed E-state index contributed by atoms with van der Waals surface area (Å²) in [5.74, 6) is 5.28. The van der Waals surface area contributed by atoms with E-state index in [4.69, 9.17) is 5.84 Å². The lowest BCUT2D eigenvalue weighted by Gasteiger charge is -2.33. The second-order valence-corrected chi connectivity index (χ2v) is 8.28. The lowest BCUT2D eigenvalue weighted by Crippen LogP contribution is -2.39. The van der Waals surface area contributed by atoms with Crippen molar-refractivity contribution in [2.24, 2.45) is 11.8 Å². The summed E-state index contributed by atoms with van der Waals surface area (Å²) in [5, 5.41) is 20.1. The van der Waals surface area contributed by atoms with Crippen molar-refractivity contribution in [1.82, 2.24) is 4.31 Å². The third kappa shape index (κ3) is 3.16. The minimum absolute atomic E-state index is 0.00830. The van der Waals surface area contributed by atoms with E-state index in [1.54, 1.807) is 0 Å². The summed E-state index contributed by atoms with van der Waals surface area (Å²) in [4.78, 5) is 10.2. The number of nitrogens with two attached hydrogens (primary N) is 1. The van der Waals surface area contributed by atoms with Gasteiger partial charge in [0, 0.05) is 19.7 Å². The summed E-state index contributed by atoms with van der Waals surface area (Å²) < 4.78 is 25.8. The van der Waals surface area contributed by atoms with Gasteiger partial charge >= 0.3 is 5.69 Å².